The highest BCUT2D eigenvalue weighted by molar-refractivity contribution is 7.90. The van der Waals surface area contributed by atoms with Crippen LogP contribution in [-0.2, 0) is 15.6 Å². The number of thiazole rings is 1. The summed E-state index contributed by atoms with van der Waals surface area (Å²) in [5.74, 6) is 0.526. The summed E-state index contributed by atoms with van der Waals surface area (Å²) in [4.78, 5) is 16.7. The first-order chi connectivity index (χ1) is 14.5. The van der Waals surface area contributed by atoms with Gasteiger partial charge in [0.25, 0.3) is 5.91 Å². The van der Waals surface area contributed by atoms with Crippen LogP contribution in [0.1, 0.15) is 29.4 Å². The van der Waals surface area contributed by atoms with Gasteiger partial charge < -0.3 is 10.1 Å². The molecule has 158 valence electrons. The van der Waals surface area contributed by atoms with E-state index in [1.807, 2.05) is 49.4 Å². The smallest absolute Gasteiger partial charge is 0.270 e. The molecule has 0 saturated heterocycles. The monoisotopic (exact) mass is 444 g/mol. The van der Waals surface area contributed by atoms with Crippen molar-refractivity contribution in [1.82, 2.24) is 10.3 Å². The van der Waals surface area contributed by atoms with Crippen molar-refractivity contribution in [2.45, 2.75) is 19.1 Å². The lowest BCUT2D eigenvalue weighted by atomic mass is 10.2. The van der Waals surface area contributed by atoms with Gasteiger partial charge in [-0.2, -0.15) is 0 Å². The molecule has 0 bridgehead atoms. The number of rotatable bonds is 10. The molecule has 0 spiro atoms. The van der Waals surface area contributed by atoms with Crippen molar-refractivity contribution >= 4 is 27.1 Å². The van der Waals surface area contributed by atoms with Gasteiger partial charge >= 0.3 is 0 Å². The largest absolute Gasteiger partial charge is 0.494 e. The normalized spacial score (nSPS) is 11.2. The third kappa shape index (κ3) is 6.40. The van der Waals surface area contributed by atoms with E-state index in [4.69, 9.17) is 4.74 Å². The molecule has 1 aromatic heterocycles. The van der Waals surface area contributed by atoms with Crippen molar-refractivity contribution in [1.29, 1.82) is 0 Å². The third-order valence-corrected chi connectivity index (χ3v) is 6.87. The number of carbonyl (C=O) groups is 1. The van der Waals surface area contributed by atoms with E-state index in [-0.39, 0.29) is 24.0 Å². The third-order valence-electron chi connectivity index (χ3n) is 4.30. The number of hydrogen-bond acceptors (Lipinski definition) is 6. The SMILES string of the molecule is CCOc1ccc(-c2nc(C(=O)NCCCS(=O)(=O)Cc3ccccc3)cs2)cc1. The number of ether oxygens (including phenoxy) is 1. The van der Waals surface area contributed by atoms with Gasteiger partial charge in [-0.15, -0.1) is 11.3 Å². The molecule has 0 fully saturated rings. The summed E-state index contributed by atoms with van der Waals surface area (Å²) in [7, 11) is -3.21. The van der Waals surface area contributed by atoms with Gasteiger partial charge in [-0.3, -0.25) is 4.79 Å². The second-order valence-electron chi connectivity index (χ2n) is 6.68. The Bertz CT molecular complexity index is 1060. The van der Waals surface area contributed by atoms with E-state index in [0.29, 0.717) is 18.7 Å². The van der Waals surface area contributed by atoms with Crippen LogP contribution >= 0.6 is 11.3 Å². The van der Waals surface area contributed by atoms with Crippen molar-refractivity contribution in [2.24, 2.45) is 0 Å². The van der Waals surface area contributed by atoms with Gasteiger partial charge in [-0.05, 0) is 43.2 Å². The number of amides is 1. The van der Waals surface area contributed by atoms with Crippen LogP contribution in [0.15, 0.2) is 60.0 Å². The molecular formula is C22H24N2O4S2. The van der Waals surface area contributed by atoms with Gasteiger partial charge in [-0.25, -0.2) is 13.4 Å². The topological polar surface area (TPSA) is 85.4 Å². The maximum Gasteiger partial charge on any atom is 0.270 e. The Labute approximate surface area is 180 Å². The number of nitrogens with zero attached hydrogens (tertiary/aromatic N) is 1. The fraction of sp³-hybridized carbons (Fsp3) is 0.273. The number of carbonyl (C=O) groups excluding carboxylic acids is 1. The summed E-state index contributed by atoms with van der Waals surface area (Å²) in [5.41, 5.74) is 2.01. The van der Waals surface area contributed by atoms with Crippen LogP contribution in [0.2, 0.25) is 0 Å². The van der Waals surface area contributed by atoms with Gasteiger partial charge in [0.1, 0.15) is 16.5 Å². The zero-order valence-corrected chi connectivity index (χ0v) is 18.3. The molecule has 30 heavy (non-hydrogen) atoms. The number of nitrogens with one attached hydrogen (secondary N) is 1. The zero-order valence-electron chi connectivity index (χ0n) is 16.7. The van der Waals surface area contributed by atoms with Crippen LogP contribution < -0.4 is 10.1 Å². The predicted molar refractivity (Wildman–Crippen MR) is 120 cm³/mol. The molecule has 1 heterocycles. The van der Waals surface area contributed by atoms with E-state index >= 15 is 0 Å². The molecular weight excluding hydrogens is 420 g/mol. The Morgan fingerprint density at radius 2 is 1.83 bits per heavy atom. The molecule has 3 aromatic rings. The molecule has 6 nitrogen and oxygen atoms in total. The van der Waals surface area contributed by atoms with Crippen molar-refractivity contribution < 1.29 is 17.9 Å². The number of sulfone groups is 1. The number of hydrogen-bond donors (Lipinski definition) is 1. The van der Waals surface area contributed by atoms with Gasteiger partial charge in [0.2, 0.25) is 0 Å². The summed E-state index contributed by atoms with van der Waals surface area (Å²) in [6, 6.07) is 16.6. The minimum atomic E-state index is -3.21. The van der Waals surface area contributed by atoms with E-state index < -0.39 is 9.84 Å². The molecule has 1 N–H and O–H groups in total. The van der Waals surface area contributed by atoms with Gasteiger partial charge in [0.15, 0.2) is 9.84 Å². The fourth-order valence-electron chi connectivity index (χ4n) is 2.86. The van der Waals surface area contributed by atoms with Crippen LogP contribution in [-0.4, -0.2) is 38.2 Å². The van der Waals surface area contributed by atoms with E-state index in [0.717, 1.165) is 21.9 Å². The minimum Gasteiger partial charge on any atom is -0.494 e. The van der Waals surface area contributed by atoms with Crippen molar-refractivity contribution in [3.05, 3.63) is 71.2 Å². The lowest BCUT2D eigenvalue weighted by molar-refractivity contribution is 0.0949. The average Bonchev–Trinajstić information content (AvgIpc) is 3.23. The highest BCUT2D eigenvalue weighted by atomic mass is 32.2. The highest BCUT2D eigenvalue weighted by Crippen LogP contribution is 2.25. The van der Waals surface area contributed by atoms with Gasteiger partial charge in [-0.1, -0.05) is 30.3 Å². The van der Waals surface area contributed by atoms with Crippen LogP contribution in [0.3, 0.4) is 0 Å². The summed E-state index contributed by atoms with van der Waals surface area (Å²) in [5, 5.41) is 5.19. The summed E-state index contributed by atoms with van der Waals surface area (Å²) < 4.78 is 29.8. The molecule has 0 aliphatic heterocycles. The van der Waals surface area contributed by atoms with Crippen LogP contribution in [0.5, 0.6) is 5.75 Å². The van der Waals surface area contributed by atoms with E-state index in [9.17, 15) is 13.2 Å². The minimum absolute atomic E-state index is 0.0132. The van der Waals surface area contributed by atoms with Gasteiger partial charge in [0, 0.05) is 17.5 Å². The lowest BCUT2D eigenvalue weighted by Crippen LogP contribution is -2.26. The van der Waals surface area contributed by atoms with Crippen molar-refractivity contribution in [3.63, 3.8) is 0 Å². The fourth-order valence-corrected chi connectivity index (χ4v) is 5.09. The van der Waals surface area contributed by atoms with E-state index in [2.05, 4.69) is 10.3 Å². The first-order valence-electron chi connectivity index (χ1n) is 9.68. The predicted octanol–water partition coefficient (Wildman–Crippen LogP) is 3.94. The molecule has 3 rings (SSSR count). The highest BCUT2D eigenvalue weighted by Gasteiger charge is 2.14. The van der Waals surface area contributed by atoms with E-state index in [1.165, 1.54) is 11.3 Å². The molecule has 0 atom stereocenters. The van der Waals surface area contributed by atoms with Crippen molar-refractivity contribution in [3.8, 4) is 16.3 Å². The Morgan fingerprint density at radius 1 is 1.10 bits per heavy atom. The standard InChI is InChI=1S/C22H24N2O4S2/c1-2-28-19-11-9-18(10-12-19)22-24-20(15-29-22)21(25)23-13-6-14-30(26,27)16-17-7-4-3-5-8-17/h3-5,7-12,15H,2,6,13-14,16H2,1H3,(H,23,25). The Morgan fingerprint density at radius 3 is 2.53 bits per heavy atom. The Hall–Kier alpha value is -2.71. The number of aromatic nitrogens is 1. The second-order valence-corrected chi connectivity index (χ2v) is 9.72. The lowest BCUT2D eigenvalue weighted by Gasteiger charge is -2.06. The number of benzene rings is 2. The average molecular weight is 445 g/mol. The van der Waals surface area contributed by atoms with Crippen LogP contribution in [0, 0.1) is 0 Å². The quantitative estimate of drug-likeness (QED) is 0.479. The molecule has 2 aromatic carbocycles. The first-order valence-corrected chi connectivity index (χ1v) is 12.4. The Kier molecular flexibility index (Phi) is 7.59. The summed E-state index contributed by atoms with van der Waals surface area (Å²) in [6.45, 7) is 2.82. The zero-order chi connectivity index (χ0) is 21.4. The molecule has 8 heteroatoms. The first kappa shape index (κ1) is 22.0. The summed E-state index contributed by atoms with van der Waals surface area (Å²) >= 11 is 1.39. The molecule has 0 unspecified atom stereocenters. The van der Waals surface area contributed by atoms with E-state index in [1.54, 1.807) is 17.5 Å². The molecule has 1 amide bonds. The molecule has 0 aliphatic rings. The molecule has 0 saturated carbocycles. The molecule has 0 aliphatic carbocycles. The summed E-state index contributed by atoms with van der Waals surface area (Å²) in [6.07, 6.45) is 0.358. The Balaban J connectivity index is 1.47. The maximum atomic E-state index is 12.3. The van der Waals surface area contributed by atoms with Crippen molar-refractivity contribution in [2.75, 3.05) is 18.9 Å². The van der Waals surface area contributed by atoms with Crippen LogP contribution in [0.25, 0.3) is 10.6 Å². The van der Waals surface area contributed by atoms with Gasteiger partial charge in [0.05, 0.1) is 18.1 Å². The second kappa shape index (κ2) is 10.4. The van der Waals surface area contributed by atoms with Crippen LogP contribution in [0.4, 0.5) is 0 Å². The molecule has 0 radical (unpaired) electrons. The maximum absolute atomic E-state index is 12.3.